The molecule has 1 aliphatic heterocycles. The minimum Gasteiger partial charge on any atom is -0.389 e. The van der Waals surface area contributed by atoms with E-state index in [1.54, 1.807) is 62.4 Å². The highest BCUT2D eigenvalue weighted by atomic mass is 19.1. The van der Waals surface area contributed by atoms with Crippen molar-refractivity contribution in [1.29, 1.82) is 0 Å². The summed E-state index contributed by atoms with van der Waals surface area (Å²) in [6.07, 6.45) is 8.10. The van der Waals surface area contributed by atoms with E-state index >= 15 is 0 Å². The van der Waals surface area contributed by atoms with Crippen LogP contribution < -0.4 is 15.1 Å². The molecule has 1 atom stereocenters. The first-order valence-electron chi connectivity index (χ1n) is 12.6. The molecule has 0 saturated carbocycles. The molecule has 1 aliphatic rings. The zero-order valence-corrected chi connectivity index (χ0v) is 22.0. The molecule has 0 aliphatic carbocycles. The van der Waals surface area contributed by atoms with Gasteiger partial charge in [0.05, 0.1) is 24.0 Å². The second-order valence-electron chi connectivity index (χ2n) is 10.3. The molecule has 204 valence electrons. The largest absolute Gasteiger partial charge is 0.389 e. The van der Waals surface area contributed by atoms with E-state index in [0.29, 0.717) is 67.4 Å². The van der Waals surface area contributed by atoms with Crippen LogP contribution in [0.4, 0.5) is 27.9 Å². The van der Waals surface area contributed by atoms with Crippen LogP contribution in [0, 0.1) is 5.82 Å². The molecule has 1 saturated heterocycles. The van der Waals surface area contributed by atoms with Crippen LogP contribution in [0.5, 0.6) is 0 Å². The fraction of sp³-hybridized carbons (Fsp3) is 0.385. The predicted octanol–water partition coefficient (Wildman–Crippen LogP) is 2.09. The lowest BCUT2D eigenvalue weighted by Crippen LogP contribution is -2.47. The van der Waals surface area contributed by atoms with Crippen LogP contribution in [0.25, 0.3) is 0 Å². The van der Waals surface area contributed by atoms with Gasteiger partial charge < -0.3 is 25.3 Å². The Morgan fingerprint density at radius 1 is 0.846 bits per heavy atom. The van der Waals surface area contributed by atoms with Crippen LogP contribution in [0.3, 0.4) is 0 Å². The van der Waals surface area contributed by atoms with Crippen molar-refractivity contribution in [1.82, 2.24) is 34.7 Å². The van der Waals surface area contributed by atoms with Crippen LogP contribution in [0.15, 0.2) is 55.4 Å². The molecule has 1 fully saturated rings. The molecule has 0 bridgehead atoms. The lowest BCUT2D eigenvalue weighted by molar-refractivity contribution is 0.0577. The highest BCUT2D eigenvalue weighted by Crippen LogP contribution is 2.29. The Labute approximate surface area is 225 Å². The quantitative estimate of drug-likeness (QED) is 0.306. The van der Waals surface area contributed by atoms with Gasteiger partial charge in [0.25, 0.3) is 0 Å². The zero-order valence-electron chi connectivity index (χ0n) is 22.0. The third-order valence-corrected chi connectivity index (χ3v) is 6.45. The summed E-state index contributed by atoms with van der Waals surface area (Å²) < 4.78 is 14.9. The summed E-state index contributed by atoms with van der Waals surface area (Å²) in [5, 5.41) is 28.4. The van der Waals surface area contributed by atoms with Gasteiger partial charge in [0.1, 0.15) is 17.7 Å². The van der Waals surface area contributed by atoms with Crippen molar-refractivity contribution in [2.45, 2.75) is 38.5 Å². The lowest BCUT2D eigenvalue weighted by Gasteiger charge is -2.34. The molecule has 4 heterocycles. The van der Waals surface area contributed by atoms with E-state index < -0.39 is 11.2 Å². The second-order valence-corrected chi connectivity index (χ2v) is 10.3. The van der Waals surface area contributed by atoms with Gasteiger partial charge in [-0.1, -0.05) is 12.1 Å². The van der Waals surface area contributed by atoms with Gasteiger partial charge in [0.15, 0.2) is 0 Å². The maximum absolute atomic E-state index is 13.3. The van der Waals surface area contributed by atoms with Crippen molar-refractivity contribution < 1.29 is 14.6 Å². The first-order chi connectivity index (χ1) is 18.6. The van der Waals surface area contributed by atoms with Crippen molar-refractivity contribution >= 4 is 23.5 Å². The van der Waals surface area contributed by atoms with Crippen molar-refractivity contribution in [2.75, 3.05) is 41.3 Å². The van der Waals surface area contributed by atoms with Gasteiger partial charge in [-0.2, -0.15) is 10.1 Å². The first-order valence-corrected chi connectivity index (χ1v) is 12.6. The Kier molecular flexibility index (Phi) is 7.10. The Bertz CT molecular complexity index is 1400. The van der Waals surface area contributed by atoms with Gasteiger partial charge in [-0.25, -0.2) is 24.3 Å². The summed E-state index contributed by atoms with van der Waals surface area (Å²) in [5.74, 6) is 1.16. The van der Waals surface area contributed by atoms with Crippen LogP contribution in [-0.2, 0) is 12.1 Å². The molecule has 4 aromatic rings. The van der Waals surface area contributed by atoms with Crippen LogP contribution in [-0.4, -0.2) is 76.7 Å². The number of nitrogens with one attached hydrogen (secondary N) is 1. The molecule has 39 heavy (non-hydrogen) atoms. The summed E-state index contributed by atoms with van der Waals surface area (Å²) in [4.78, 5) is 26.2. The van der Waals surface area contributed by atoms with Gasteiger partial charge >= 0.3 is 0 Å². The molecular weight excluding hydrogens is 503 g/mol. The molecule has 3 N–H and O–H groups in total. The summed E-state index contributed by atoms with van der Waals surface area (Å²) in [5.41, 5.74) is -0.429. The summed E-state index contributed by atoms with van der Waals surface area (Å²) in [7, 11) is 0. The highest BCUT2D eigenvalue weighted by molar-refractivity contribution is 5.52. The monoisotopic (exact) mass is 534 g/mol. The normalized spacial score (nSPS) is 15.7. The average molecular weight is 535 g/mol. The molecule has 0 spiro atoms. The van der Waals surface area contributed by atoms with Gasteiger partial charge in [-0.15, -0.1) is 0 Å². The number of halogens is 1. The molecule has 0 unspecified atom stereocenters. The Balaban J connectivity index is 1.19. The maximum Gasteiger partial charge on any atom is 0.232 e. The molecule has 5 rings (SSSR count). The minimum atomic E-state index is -1.34. The van der Waals surface area contributed by atoms with Crippen molar-refractivity contribution in [3.05, 3.63) is 72.3 Å². The number of aromatic nitrogens is 7. The number of hydrogen-bond acceptors (Lipinski definition) is 11. The summed E-state index contributed by atoms with van der Waals surface area (Å²) >= 11 is 0. The van der Waals surface area contributed by atoms with E-state index in [2.05, 4.69) is 45.1 Å². The van der Waals surface area contributed by atoms with E-state index in [4.69, 9.17) is 0 Å². The Morgan fingerprint density at radius 3 is 2.13 bits per heavy atom. The fourth-order valence-electron chi connectivity index (χ4n) is 4.32. The number of anilines is 4. The fourth-order valence-corrected chi connectivity index (χ4v) is 4.32. The third kappa shape index (κ3) is 6.26. The zero-order chi connectivity index (χ0) is 27.6. The first kappa shape index (κ1) is 26.4. The Morgan fingerprint density at radius 2 is 1.49 bits per heavy atom. The number of piperazine rings is 1. The van der Waals surface area contributed by atoms with Crippen molar-refractivity contribution in [3.63, 3.8) is 0 Å². The molecule has 0 amide bonds. The van der Waals surface area contributed by atoms with E-state index in [1.807, 2.05) is 0 Å². The third-order valence-electron chi connectivity index (χ3n) is 6.45. The van der Waals surface area contributed by atoms with E-state index in [-0.39, 0.29) is 5.82 Å². The van der Waals surface area contributed by atoms with Gasteiger partial charge in [0, 0.05) is 50.3 Å². The molecular formula is C26H31FN10O2. The van der Waals surface area contributed by atoms with Gasteiger partial charge in [0.2, 0.25) is 17.8 Å². The second kappa shape index (κ2) is 10.5. The number of aliphatic hydroxyl groups is 2. The molecule has 0 radical (unpaired) electrons. The summed E-state index contributed by atoms with van der Waals surface area (Å²) in [6.45, 7) is 8.08. The molecule has 1 aromatic carbocycles. The van der Waals surface area contributed by atoms with Crippen LogP contribution >= 0.6 is 0 Å². The minimum absolute atomic E-state index is 0.361. The van der Waals surface area contributed by atoms with Crippen LogP contribution in [0.1, 0.15) is 31.9 Å². The average Bonchev–Trinajstić information content (AvgIpc) is 3.34. The predicted molar refractivity (Wildman–Crippen MR) is 143 cm³/mol. The van der Waals surface area contributed by atoms with Crippen molar-refractivity contribution in [2.24, 2.45) is 0 Å². The van der Waals surface area contributed by atoms with E-state index in [0.717, 1.165) is 0 Å². The summed E-state index contributed by atoms with van der Waals surface area (Å²) in [6, 6.07) is 5.74. The standard InChI is InChI=1S/C26H31FN10O2/c1-25(2,38)16-37-15-21(14-32-37)33-22-30-17-31-24(34-22)36-10-8-35(9-11-36)23-28-12-19(13-29-23)26(3,39)18-4-6-20(27)7-5-18/h4-7,12-15,17,38-39H,8-11,16H2,1-3H3,(H,30,31,33,34)/t26-/m0/s1. The van der Waals surface area contributed by atoms with E-state index in [9.17, 15) is 14.6 Å². The lowest BCUT2D eigenvalue weighted by atomic mass is 9.90. The number of nitrogens with zero attached hydrogens (tertiary/aromatic N) is 9. The topological polar surface area (TPSA) is 141 Å². The molecule has 13 heteroatoms. The van der Waals surface area contributed by atoms with E-state index in [1.165, 1.54) is 18.5 Å². The van der Waals surface area contributed by atoms with Crippen LogP contribution in [0.2, 0.25) is 0 Å². The highest BCUT2D eigenvalue weighted by Gasteiger charge is 2.28. The van der Waals surface area contributed by atoms with Crippen molar-refractivity contribution in [3.8, 4) is 0 Å². The SMILES string of the molecule is CC(C)(O)Cn1cc(Nc2ncnc(N3CCN(c4ncc([C@@](C)(O)c5ccc(F)cc5)cn4)CC3)n2)cn1. The molecule has 3 aromatic heterocycles. The smallest absolute Gasteiger partial charge is 0.232 e. The van der Waals surface area contributed by atoms with Gasteiger partial charge in [-0.3, -0.25) is 4.68 Å². The number of benzene rings is 1. The maximum atomic E-state index is 13.3. The van der Waals surface area contributed by atoms with Gasteiger partial charge in [-0.05, 0) is 38.5 Å². The molecule has 12 nitrogen and oxygen atoms in total. The number of rotatable bonds is 8. The Hall–Kier alpha value is -4.23. The number of hydrogen-bond donors (Lipinski definition) is 3.